The van der Waals surface area contributed by atoms with Gasteiger partial charge in [0.25, 0.3) is 11.8 Å². The normalized spacial score (nSPS) is 12.8. The van der Waals surface area contributed by atoms with Gasteiger partial charge in [0.05, 0.1) is 33.8 Å². The first-order valence-corrected chi connectivity index (χ1v) is 8.31. The van der Waals surface area contributed by atoms with E-state index in [1.165, 1.54) is 43.5 Å². The Morgan fingerprint density at radius 1 is 0.963 bits per heavy atom. The number of nitrogens with zero attached hydrogens (tertiary/aromatic N) is 1. The van der Waals surface area contributed by atoms with E-state index in [-0.39, 0.29) is 32.5 Å². The topological polar surface area (TPSA) is 90.0 Å². The zero-order valence-corrected chi connectivity index (χ0v) is 15.3. The van der Waals surface area contributed by atoms with Crippen molar-refractivity contribution in [1.29, 1.82) is 0 Å². The Morgan fingerprint density at radius 2 is 1.48 bits per heavy atom. The highest BCUT2D eigenvalue weighted by atomic mass is 35.5. The quantitative estimate of drug-likeness (QED) is 0.439. The number of esters is 2. The van der Waals surface area contributed by atoms with Gasteiger partial charge in [0.2, 0.25) is 0 Å². The summed E-state index contributed by atoms with van der Waals surface area (Å²) in [5.74, 6) is -2.53. The predicted molar refractivity (Wildman–Crippen MR) is 95.2 cm³/mol. The number of amides is 2. The molecule has 0 N–H and O–H groups in total. The minimum atomic E-state index is -0.826. The zero-order chi connectivity index (χ0) is 19.7. The maximum Gasteiger partial charge on any atom is 0.337 e. The number of benzene rings is 2. The highest BCUT2D eigenvalue weighted by Crippen LogP contribution is 2.31. The van der Waals surface area contributed by atoms with E-state index in [4.69, 9.17) is 27.9 Å². The molecule has 0 bridgehead atoms. The van der Waals surface area contributed by atoms with E-state index < -0.39 is 30.3 Å². The monoisotopic (exact) mass is 407 g/mol. The average Bonchev–Trinajstić information content (AvgIpc) is 2.86. The van der Waals surface area contributed by atoms with E-state index in [2.05, 4.69) is 4.74 Å². The first kappa shape index (κ1) is 18.9. The summed E-state index contributed by atoms with van der Waals surface area (Å²) in [4.78, 5) is 48.9. The summed E-state index contributed by atoms with van der Waals surface area (Å²) < 4.78 is 9.67. The third kappa shape index (κ3) is 3.65. The van der Waals surface area contributed by atoms with Crippen molar-refractivity contribution in [2.45, 2.75) is 0 Å². The first-order valence-electron chi connectivity index (χ1n) is 7.56. The van der Waals surface area contributed by atoms with Gasteiger partial charge in [-0.2, -0.15) is 0 Å². The maximum atomic E-state index is 12.4. The van der Waals surface area contributed by atoms with Gasteiger partial charge in [0, 0.05) is 0 Å². The highest BCUT2D eigenvalue weighted by Gasteiger charge is 2.37. The number of rotatable bonds is 4. The van der Waals surface area contributed by atoms with Gasteiger partial charge in [0.15, 0.2) is 0 Å². The number of fused-ring (bicyclic) bond motifs is 1. The third-order valence-corrected chi connectivity index (χ3v) is 4.53. The van der Waals surface area contributed by atoms with E-state index in [0.29, 0.717) is 0 Å². The summed E-state index contributed by atoms with van der Waals surface area (Å²) in [7, 11) is 1.25. The lowest BCUT2D eigenvalue weighted by Gasteiger charge is -2.13. The molecule has 2 aromatic carbocycles. The number of carbonyl (C=O) groups is 4. The number of methoxy groups -OCH3 is 1. The molecule has 0 aromatic heterocycles. The number of carbonyl (C=O) groups excluding carboxylic acids is 4. The number of hydrogen-bond donors (Lipinski definition) is 0. The number of hydrogen-bond acceptors (Lipinski definition) is 6. The SMILES string of the molecule is COC(=O)c1ccc(OC(=O)CN2C(=O)c3cc(Cl)c(Cl)cc3C2=O)cc1. The Balaban J connectivity index is 1.70. The molecule has 2 aromatic rings. The lowest BCUT2D eigenvalue weighted by molar-refractivity contribution is -0.134. The fraction of sp³-hybridized carbons (Fsp3) is 0.111. The lowest BCUT2D eigenvalue weighted by Crippen LogP contribution is -2.36. The molecule has 0 atom stereocenters. The summed E-state index contributed by atoms with van der Waals surface area (Å²) in [6.07, 6.45) is 0. The van der Waals surface area contributed by atoms with Crippen molar-refractivity contribution in [3.63, 3.8) is 0 Å². The van der Waals surface area contributed by atoms with Crippen molar-refractivity contribution in [2.24, 2.45) is 0 Å². The lowest BCUT2D eigenvalue weighted by atomic mass is 10.1. The molecule has 0 aliphatic carbocycles. The maximum absolute atomic E-state index is 12.4. The van der Waals surface area contributed by atoms with Crippen molar-refractivity contribution in [2.75, 3.05) is 13.7 Å². The van der Waals surface area contributed by atoms with Crippen molar-refractivity contribution >= 4 is 47.0 Å². The fourth-order valence-electron chi connectivity index (χ4n) is 2.50. The van der Waals surface area contributed by atoms with Gasteiger partial charge in [-0.15, -0.1) is 0 Å². The van der Waals surface area contributed by atoms with Gasteiger partial charge in [0.1, 0.15) is 12.3 Å². The van der Waals surface area contributed by atoms with E-state index in [1.807, 2.05) is 0 Å². The largest absolute Gasteiger partial charge is 0.465 e. The highest BCUT2D eigenvalue weighted by molar-refractivity contribution is 6.43. The van der Waals surface area contributed by atoms with Crippen molar-refractivity contribution in [3.05, 3.63) is 63.1 Å². The van der Waals surface area contributed by atoms with E-state index in [9.17, 15) is 19.2 Å². The Bertz CT molecular complexity index is 930. The molecule has 27 heavy (non-hydrogen) atoms. The van der Waals surface area contributed by atoms with Crippen LogP contribution in [0.25, 0.3) is 0 Å². The Kier molecular flexibility index (Phi) is 5.16. The van der Waals surface area contributed by atoms with Crippen LogP contribution in [0.15, 0.2) is 36.4 Å². The Hall–Kier alpha value is -2.90. The van der Waals surface area contributed by atoms with Crippen LogP contribution in [0.3, 0.4) is 0 Å². The van der Waals surface area contributed by atoms with Crippen LogP contribution in [-0.4, -0.2) is 42.3 Å². The predicted octanol–water partition coefficient (Wildman–Crippen LogP) is 2.98. The molecule has 1 aliphatic heterocycles. The van der Waals surface area contributed by atoms with Crippen LogP contribution in [0.2, 0.25) is 10.0 Å². The zero-order valence-electron chi connectivity index (χ0n) is 13.8. The van der Waals surface area contributed by atoms with Crippen LogP contribution in [0.5, 0.6) is 5.75 Å². The molecule has 9 heteroatoms. The van der Waals surface area contributed by atoms with E-state index in [0.717, 1.165) is 4.90 Å². The molecule has 0 radical (unpaired) electrons. The molecule has 0 saturated heterocycles. The van der Waals surface area contributed by atoms with Crippen LogP contribution < -0.4 is 4.74 Å². The standard InChI is InChI=1S/C18H11Cl2NO6/c1-26-18(25)9-2-4-10(5-3-9)27-15(22)8-21-16(23)11-6-13(19)14(20)7-12(11)17(21)24/h2-7H,8H2,1H3. The number of imide groups is 1. The van der Waals surface area contributed by atoms with Gasteiger partial charge >= 0.3 is 11.9 Å². The van der Waals surface area contributed by atoms with Crippen molar-refractivity contribution in [3.8, 4) is 5.75 Å². The smallest absolute Gasteiger partial charge is 0.337 e. The second-order valence-corrected chi connectivity index (χ2v) is 6.31. The van der Waals surface area contributed by atoms with Crippen LogP contribution in [0, 0.1) is 0 Å². The first-order chi connectivity index (χ1) is 12.8. The van der Waals surface area contributed by atoms with Gasteiger partial charge in [-0.3, -0.25) is 14.5 Å². The number of halogens is 2. The van der Waals surface area contributed by atoms with Crippen LogP contribution in [0.4, 0.5) is 0 Å². The second kappa shape index (κ2) is 7.38. The molecule has 0 spiro atoms. The minimum absolute atomic E-state index is 0.0737. The molecule has 0 fully saturated rings. The van der Waals surface area contributed by atoms with Gasteiger partial charge < -0.3 is 9.47 Å². The molecule has 2 amide bonds. The van der Waals surface area contributed by atoms with Gasteiger partial charge in [-0.1, -0.05) is 23.2 Å². The summed E-state index contributed by atoms with van der Waals surface area (Å²) in [5.41, 5.74) is 0.431. The summed E-state index contributed by atoms with van der Waals surface area (Å²) in [6, 6.07) is 8.20. The Labute approximate surface area is 163 Å². The van der Waals surface area contributed by atoms with E-state index >= 15 is 0 Å². The summed E-state index contributed by atoms with van der Waals surface area (Å²) in [5, 5.41) is 0.262. The molecular weight excluding hydrogens is 397 g/mol. The molecule has 1 heterocycles. The van der Waals surface area contributed by atoms with Crippen LogP contribution in [-0.2, 0) is 9.53 Å². The van der Waals surface area contributed by atoms with Gasteiger partial charge in [-0.25, -0.2) is 9.59 Å². The van der Waals surface area contributed by atoms with Crippen molar-refractivity contribution in [1.82, 2.24) is 4.90 Å². The molecule has 138 valence electrons. The third-order valence-electron chi connectivity index (χ3n) is 3.81. The average molecular weight is 408 g/mol. The van der Waals surface area contributed by atoms with Crippen LogP contribution in [0.1, 0.15) is 31.1 Å². The summed E-state index contributed by atoms with van der Waals surface area (Å²) in [6.45, 7) is -0.583. The molecule has 0 unspecified atom stereocenters. The van der Waals surface area contributed by atoms with E-state index in [1.54, 1.807) is 0 Å². The molecule has 0 saturated carbocycles. The fourth-order valence-corrected chi connectivity index (χ4v) is 2.82. The van der Waals surface area contributed by atoms with Gasteiger partial charge in [-0.05, 0) is 36.4 Å². The van der Waals surface area contributed by atoms with Crippen LogP contribution >= 0.6 is 23.2 Å². The minimum Gasteiger partial charge on any atom is -0.465 e. The van der Waals surface area contributed by atoms with Crippen molar-refractivity contribution < 1.29 is 28.7 Å². The molecule has 3 rings (SSSR count). The second-order valence-electron chi connectivity index (χ2n) is 5.50. The molecule has 1 aliphatic rings. The number of ether oxygens (including phenoxy) is 2. The molecule has 7 nitrogen and oxygen atoms in total. The Morgan fingerprint density at radius 3 is 1.96 bits per heavy atom. The summed E-state index contributed by atoms with van der Waals surface area (Å²) >= 11 is 11.7. The molecular formula is C18H11Cl2NO6.